The highest BCUT2D eigenvalue weighted by Gasteiger charge is 2.41. The highest BCUT2D eigenvalue weighted by Crippen LogP contribution is 2.42. The number of hydrogen-bond donors (Lipinski definition) is 2. The topological polar surface area (TPSA) is 49.9 Å². The maximum absolute atomic E-state index is 5.54. The SMILES string of the molecule is CNCc1cnc(C2(OC)CCC2)[nH]1. The van der Waals surface area contributed by atoms with Gasteiger partial charge in [-0.2, -0.15) is 0 Å². The van der Waals surface area contributed by atoms with E-state index < -0.39 is 0 Å². The van der Waals surface area contributed by atoms with E-state index in [9.17, 15) is 0 Å². The van der Waals surface area contributed by atoms with Crippen molar-refractivity contribution in [3.05, 3.63) is 17.7 Å². The fraction of sp³-hybridized carbons (Fsp3) is 0.700. The van der Waals surface area contributed by atoms with Crippen LogP contribution in [-0.2, 0) is 16.9 Å². The summed E-state index contributed by atoms with van der Waals surface area (Å²) in [6, 6.07) is 0. The van der Waals surface area contributed by atoms with Crippen LogP contribution >= 0.6 is 0 Å². The van der Waals surface area contributed by atoms with Gasteiger partial charge in [-0.3, -0.25) is 0 Å². The third-order valence-corrected chi connectivity index (χ3v) is 2.98. The summed E-state index contributed by atoms with van der Waals surface area (Å²) in [5.41, 5.74) is 0.997. The van der Waals surface area contributed by atoms with Gasteiger partial charge in [0.15, 0.2) is 0 Å². The van der Waals surface area contributed by atoms with E-state index in [0.717, 1.165) is 30.9 Å². The highest BCUT2D eigenvalue weighted by molar-refractivity contribution is 5.12. The maximum atomic E-state index is 5.54. The lowest BCUT2D eigenvalue weighted by Gasteiger charge is -2.38. The first-order valence-electron chi connectivity index (χ1n) is 5.05. The zero-order chi connectivity index (χ0) is 10.0. The number of imidazole rings is 1. The number of nitrogens with one attached hydrogen (secondary N) is 2. The van der Waals surface area contributed by atoms with Crippen LogP contribution in [0, 0.1) is 0 Å². The summed E-state index contributed by atoms with van der Waals surface area (Å²) in [4.78, 5) is 7.69. The second-order valence-corrected chi connectivity index (χ2v) is 3.84. The Labute approximate surface area is 84.1 Å². The van der Waals surface area contributed by atoms with E-state index in [1.807, 2.05) is 13.2 Å². The summed E-state index contributed by atoms with van der Waals surface area (Å²) in [5, 5.41) is 3.09. The molecule has 2 N–H and O–H groups in total. The van der Waals surface area contributed by atoms with E-state index in [1.165, 1.54) is 6.42 Å². The van der Waals surface area contributed by atoms with Crippen LogP contribution in [0.4, 0.5) is 0 Å². The first-order valence-corrected chi connectivity index (χ1v) is 5.05. The molecule has 1 fully saturated rings. The van der Waals surface area contributed by atoms with Crippen LogP contribution in [0.5, 0.6) is 0 Å². The summed E-state index contributed by atoms with van der Waals surface area (Å²) < 4.78 is 5.54. The zero-order valence-electron chi connectivity index (χ0n) is 8.76. The van der Waals surface area contributed by atoms with Gasteiger partial charge in [-0.1, -0.05) is 0 Å². The second kappa shape index (κ2) is 3.71. The van der Waals surface area contributed by atoms with Gasteiger partial charge in [0.25, 0.3) is 0 Å². The van der Waals surface area contributed by atoms with Crippen molar-refractivity contribution in [1.29, 1.82) is 0 Å². The van der Waals surface area contributed by atoms with Crippen LogP contribution in [0.3, 0.4) is 0 Å². The summed E-state index contributed by atoms with van der Waals surface area (Å²) >= 11 is 0. The van der Waals surface area contributed by atoms with Gasteiger partial charge in [-0.05, 0) is 26.3 Å². The molecule has 2 rings (SSSR count). The summed E-state index contributed by atoms with van der Waals surface area (Å²) in [6.45, 7) is 0.826. The predicted molar refractivity (Wildman–Crippen MR) is 53.9 cm³/mol. The molecular formula is C10H17N3O. The van der Waals surface area contributed by atoms with E-state index in [-0.39, 0.29) is 5.60 Å². The van der Waals surface area contributed by atoms with Gasteiger partial charge < -0.3 is 15.0 Å². The van der Waals surface area contributed by atoms with Crippen molar-refractivity contribution in [3.63, 3.8) is 0 Å². The van der Waals surface area contributed by atoms with Crippen LogP contribution in [0.2, 0.25) is 0 Å². The molecule has 1 aromatic rings. The minimum absolute atomic E-state index is 0.119. The molecular weight excluding hydrogens is 178 g/mol. The summed E-state index contributed by atoms with van der Waals surface area (Å²) in [7, 11) is 3.69. The Hall–Kier alpha value is -0.870. The van der Waals surface area contributed by atoms with Crippen molar-refractivity contribution in [2.75, 3.05) is 14.2 Å². The fourth-order valence-corrected chi connectivity index (χ4v) is 1.91. The van der Waals surface area contributed by atoms with Crippen LogP contribution in [0.1, 0.15) is 30.8 Å². The van der Waals surface area contributed by atoms with Gasteiger partial charge in [0.1, 0.15) is 11.4 Å². The van der Waals surface area contributed by atoms with E-state index in [2.05, 4.69) is 15.3 Å². The molecule has 4 nitrogen and oxygen atoms in total. The quantitative estimate of drug-likeness (QED) is 0.758. The molecule has 0 unspecified atom stereocenters. The minimum atomic E-state index is -0.119. The number of ether oxygens (including phenoxy) is 1. The number of aromatic nitrogens is 2. The van der Waals surface area contributed by atoms with Gasteiger partial charge in [-0.15, -0.1) is 0 Å². The van der Waals surface area contributed by atoms with Gasteiger partial charge in [0.05, 0.1) is 0 Å². The molecule has 78 valence electrons. The Balaban J connectivity index is 2.15. The molecule has 0 radical (unpaired) electrons. The number of rotatable bonds is 4. The number of hydrogen-bond acceptors (Lipinski definition) is 3. The lowest BCUT2D eigenvalue weighted by molar-refractivity contribution is -0.0841. The third kappa shape index (κ3) is 1.44. The number of H-pyrrole nitrogens is 1. The lowest BCUT2D eigenvalue weighted by Crippen LogP contribution is -2.37. The smallest absolute Gasteiger partial charge is 0.138 e. The Morgan fingerprint density at radius 3 is 2.93 bits per heavy atom. The Bertz CT molecular complexity index is 299. The first-order chi connectivity index (χ1) is 6.80. The van der Waals surface area contributed by atoms with Crippen molar-refractivity contribution < 1.29 is 4.74 Å². The van der Waals surface area contributed by atoms with E-state index in [0.29, 0.717) is 0 Å². The highest BCUT2D eigenvalue weighted by atomic mass is 16.5. The van der Waals surface area contributed by atoms with E-state index in [4.69, 9.17) is 4.74 Å². The fourth-order valence-electron chi connectivity index (χ4n) is 1.91. The summed E-state index contributed by atoms with van der Waals surface area (Å²) in [5.74, 6) is 0.983. The molecule has 0 amide bonds. The number of aromatic amines is 1. The normalized spacial score (nSPS) is 19.3. The van der Waals surface area contributed by atoms with Crippen molar-refractivity contribution in [2.24, 2.45) is 0 Å². The van der Waals surface area contributed by atoms with Crippen molar-refractivity contribution in [2.45, 2.75) is 31.4 Å². The molecule has 1 heterocycles. The van der Waals surface area contributed by atoms with Crippen LogP contribution in [0.15, 0.2) is 6.20 Å². The van der Waals surface area contributed by atoms with Crippen LogP contribution in [0.25, 0.3) is 0 Å². The standard InChI is InChI=1S/C10H17N3O/c1-11-6-8-7-12-9(13-8)10(14-2)4-3-5-10/h7,11H,3-6H2,1-2H3,(H,12,13). The van der Waals surface area contributed by atoms with Crippen LogP contribution < -0.4 is 5.32 Å². The zero-order valence-corrected chi connectivity index (χ0v) is 8.76. The second-order valence-electron chi connectivity index (χ2n) is 3.84. The largest absolute Gasteiger partial charge is 0.370 e. The monoisotopic (exact) mass is 195 g/mol. The average Bonchev–Trinajstić information content (AvgIpc) is 2.54. The van der Waals surface area contributed by atoms with Gasteiger partial charge in [0.2, 0.25) is 0 Å². The van der Waals surface area contributed by atoms with Crippen molar-refractivity contribution in [3.8, 4) is 0 Å². The molecule has 0 bridgehead atoms. The Kier molecular flexibility index (Phi) is 2.56. The molecule has 1 aliphatic rings. The predicted octanol–water partition coefficient (Wildman–Crippen LogP) is 1.15. The molecule has 0 aromatic carbocycles. The molecule has 1 aromatic heterocycles. The molecule has 0 aliphatic heterocycles. The van der Waals surface area contributed by atoms with Crippen molar-refractivity contribution >= 4 is 0 Å². The maximum Gasteiger partial charge on any atom is 0.138 e. The minimum Gasteiger partial charge on any atom is -0.370 e. The molecule has 1 saturated carbocycles. The Morgan fingerprint density at radius 1 is 1.64 bits per heavy atom. The lowest BCUT2D eigenvalue weighted by atomic mass is 9.79. The van der Waals surface area contributed by atoms with Crippen LogP contribution in [-0.4, -0.2) is 24.1 Å². The van der Waals surface area contributed by atoms with Crippen molar-refractivity contribution in [1.82, 2.24) is 15.3 Å². The molecule has 0 atom stereocenters. The van der Waals surface area contributed by atoms with Gasteiger partial charge >= 0.3 is 0 Å². The molecule has 0 spiro atoms. The summed E-state index contributed by atoms with van der Waals surface area (Å²) in [6.07, 6.45) is 5.27. The van der Waals surface area contributed by atoms with Gasteiger partial charge in [0, 0.05) is 25.5 Å². The third-order valence-electron chi connectivity index (χ3n) is 2.98. The van der Waals surface area contributed by atoms with Gasteiger partial charge in [-0.25, -0.2) is 4.98 Å². The average molecular weight is 195 g/mol. The molecule has 14 heavy (non-hydrogen) atoms. The first kappa shape index (κ1) is 9.68. The Morgan fingerprint density at radius 2 is 2.43 bits per heavy atom. The van der Waals surface area contributed by atoms with E-state index >= 15 is 0 Å². The van der Waals surface area contributed by atoms with E-state index in [1.54, 1.807) is 7.11 Å². The number of methoxy groups -OCH3 is 1. The molecule has 4 heteroatoms. The molecule has 0 saturated heterocycles. The number of nitrogens with zero attached hydrogens (tertiary/aromatic N) is 1. The molecule has 1 aliphatic carbocycles.